The molecular weight excluding hydrogens is 387 g/mol. The maximum Gasteiger partial charge on any atom is 0.327 e. The Balaban J connectivity index is 2.14. The molecule has 4 aromatic rings. The highest BCUT2D eigenvalue weighted by molar-refractivity contribution is 6.31. The fourth-order valence-electron chi connectivity index (χ4n) is 2.96. The number of nitrogen functional groups attached to an aromatic ring is 1. The van der Waals surface area contributed by atoms with E-state index in [9.17, 15) is 9.59 Å². The van der Waals surface area contributed by atoms with Crippen molar-refractivity contribution in [2.45, 2.75) is 0 Å². The molecule has 0 aliphatic rings. The first-order chi connectivity index (χ1) is 12.9. The molecule has 8 heteroatoms. The standard InChI is InChI=1S/C19H12Cl2N4O2/c20-11-5-1-9(2-6-11)13-14-17(24-19(27)25-18(14)26)23-16(15(13)22)10-3-7-12(21)8-4-10/h1-8H,22H2,(H2,23,24,25,26,27). The summed E-state index contributed by atoms with van der Waals surface area (Å²) in [6.45, 7) is 0. The molecule has 0 saturated carbocycles. The van der Waals surface area contributed by atoms with E-state index in [1.54, 1.807) is 48.5 Å². The lowest BCUT2D eigenvalue weighted by Crippen LogP contribution is -2.23. The Bertz CT molecular complexity index is 1280. The van der Waals surface area contributed by atoms with E-state index in [4.69, 9.17) is 28.9 Å². The Morgan fingerprint density at radius 3 is 1.96 bits per heavy atom. The minimum Gasteiger partial charge on any atom is -0.396 e. The number of hydrogen-bond donors (Lipinski definition) is 3. The van der Waals surface area contributed by atoms with Gasteiger partial charge in [0.15, 0.2) is 0 Å². The minimum atomic E-state index is -0.645. The molecule has 0 spiro atoms. The molecule has 0 bridgehead atoms. The number of anilines is 1. The van der Waals surface area contributed by atoms with Gasteiger partial charge in [-0.3, -0.25) is 14.8 Å². The Morgan fingerprint density at radius 2 is 1.37 bits per heavy atom. The van der Waals surface area contributed by atoms with Crippen LogP contribution in [0, 0.1) is 0 Å². The predicted molar refractivity (Wildman–Crippen MR) is 108 cm³/mol. The summed E-state index contributed by atoms with van der Waals surface area (Å²) < 4.78 is 0. The van der Waals surface area contributed by atoms with Crippen molar-refractivity contribution in [3.63, 3.8) is 0 Å². The summed E-state index contributed by atoms with van der Waals surface area (Å²) in [5.41, 5.74) is 7.95. The SMILES string of the molecule is Nc1c(-c2ccc(Cl)cc2)nc2[nH]c(=O)[nH]c(=O)c2c1-c1ccc(Cl)cc1. The van der Waals surface area contributed by atoms with Crippen molar-refractivity contribution in [3.05, 3.63) is 79.4 Å². The largest absolute Gasteiger partial charge is 0.396 e. The lowest BCUT2D eigenvalue weighted by atomic mass is 9.97. The van der Waals surface area contributed by atoms with E-state index >= 15 is 0 Å². The zero-order chi connectivity index (χ0) is 19.1. The molecule has 0 aliphatic carbocycles. The van der Waals surface area contributed by atoms with Gasteiger partial charge in [0.25, 0.3) is 5.56 Å². The number of H-pyrrole nitrogens is 2. The number of halogens is 2. The second-order valence-electron chi connectivity index (χ2n) is 5.89. The van der Waals surface area contributed by atoms with Gasteiger partial charge in [0.1, 0.15) is 5.65 Å². The summed E-state index contributed by atoms with van der Waals surface area (Å²) in [5, 5.41) is 1.32. The van der Waals surface area contributed by atoms with E-state index in [1.807, 2.05) is 0 Å². The second-order valence-corrected chi connectivity index (χ2v) is 6.77. The van der Waals surface area contributed by atoms with Gasteiger partial charge in [-0.1, -0.05) is 47.5 Å². The van der Waals surface area contributed by atoms with Crippen LogP contribution in [0.25, 0.3) is 33.4 Å². The maximum absolute atomic E-state index is 12.5. The van der Waals surface area contributed by atoms with Gasteiger partial charge < -0.3 is 5.73 Å². The highest BCUT2D eigenvalue weighted by Crippen LogP contribution is 2.37. The predicted octanol–water partition coefficient (Wildman–Crippen LogP) is 3.83. The molecule has 0 fully saturated rings. The summed E-state index contributed by atoms with van der Waals surface area (Å²) in [6, 6.07) is 13.9. The Hall–Kier alpha value is -3.09. The summed E-state index contributed by atoms with van der Waals surface area (Å²) in [4.78, 5) is 33.5. The maximum atomic E-state index is 12.5. The number of benzene rings is 2. The number of fused-ring (bicyclic) bond motifs is 1. The Morgan fingerprint density at radius 1 is 0.815 bits per heavy atom. The molecule has 4 N–H and O–H groups in total. The quantitative estimate of drug-likeness (QED) is 0.476. The first-order valence-corrected chi connectivity index (χ1v) is 8.67. The lowest BCUT2D eigenvalue weighted by Gasteiger charge is -2.14. The monoisotopic (exact) mass is 398 g/mol. The van der Waals surface area contributed by atoms with Crippen molar-refractivity contribution in [2.75, 3.05) is 5.73 Å². The summed E-state index contributed by atoms with van der Waals surface area (Å²) in [7, 11) is 0. The third-order valence-corrected chi connectivity index (χ3v) is 4.68. The molecule has 0 aliphatic heterocycles. The van der Waals surface area contributed by atoms with Crippen LogP contribution in [-0.2, 0) is 0 Å². The van der Waals surface area contributed by atoms with Crippen molar-refractivity contribution < 1.29 is 0 Å². The van der Waals surface area contributed by atoms with Gasteiger partial charge in [-0.25, -0.2) is 9.78 Å². The zero-order valence-corrected chi connectivity index (χ0v) is 15.2. The number of nitrogens with one attached hydrogen (secondary N) is 2. The van der Waals surface area contributed by atoms with Crippen molar-refractivity contribution in [3.8, 4) is 22.4 Å². The van der Waals surface area contributed by atoms with Crippen LogP contribution in [0.2, 0.25) is 10.0 Å². The van der Waals surface area contributed by atoms with Crippen molar-refractivity contribution in [1.82, 2.24) is 15.0 Å². The van der Waals surface area contributed by atoms with Crippen molar-refractivity contribution >= 4 is 39.9 Å². The highest BCUT2D eigenvalue weighted by Gasteiger charge is 2.19. The van der Waals surface area contributed by atoms with Crippen LogP contribution in [-0.4, -0.2) is 15.0 Å². The number of aromatic amines is 2. The first-order valence-electron chi connectivity index (χ1n) is 7.91. The second kappa shape index (κ2) is 6.57. The Kier molecular flexibility index (Phi) is 4.22. The molecular formula is C19H12Cl2N4O2. The highest BCUT2D eigenvalue weighted by atomic mass is 35.5. The fourth-order valence-corrected chi connectivity index (χ4v) is 3.21. The van der Waals surface area contributed by atoms with Crippen LogP contribution in [0.3, 0.4) is 0 Å². The third kappa shape index (κ3) is 3.09. The molecule has 27 heavy (non-hydrogen) atoms. The van der Waals surface area contributed by atoms with E-state index in [2.05, 4.69) is 15.0 Å². The molecule has 2 aromatic heterocycles. The normalized spacial score (nSPS) is 11.0. The van der Waals surface area contributed by atoms with Gasteiger partial charge in [-0.15, -0.1) is 0 Å². The van der Waals surface area contributed by atoms with Gasteiger partial charge in [0.05, 0.1) is 16.8 Å². The average Bonchev–Trinajstić information content (AvgIpc) is 2.63. The molecule has 0 amide bonds. The average molecular weight is 399 g/mol. The van der Waals surface area contributed by atoms with E-state index in [0.717, 1.165) is 0 Å². The summed E-state index contributed by atoms with van der Waals surface area (Å²) in [5.74, 6) is 0. The molecule has 2 heterocycles. The molecule has 0 unspecified atom stereocenters. The van der Waals surface area contributed by atoms with Crippen LogP contribution in [0.5, 0.6) is 0 Å². The number of nitrogens with two attached hydrogens (primary N) is 1. The fraction of sp³-hybridized carbons (Fsp3) is 0. The van der Waals surface area contributed by atoms with Crippen LogP contribution >= 0.6 is 23.2 Å². The zero-order valence-electron chi connectivity index (χ0n) is 13.7. The smallest absolute Gasteiger partial charge is 0.327 e. The number of pyridine rings is 1. The number of aromatic nitrogens is 3. The number of nitrogens with zero attached hydrogens (tertiary/aromatic N) is 1. The van der Waals surface area contributed by atoms with E-state index in [-0.39, 0.29) is 11.0 Å². The van der Waals surface area contributed by atoms with Gasteiger partial charge in [-0.2, -0.15) is 0 Å². The van der Waals surface area contributed by atoms with Crippen molar-refractivity contribution in [2.24, 2.45) is 0 Å². The minimum absolute atomic E-state index is 0.146. The van der Waals surface area contributed by atoms with E-state index in [1.165, 1.54) is 0 Å². The lowest BCUT2D eigenvalue weighted by molar-refractivity contribution is 1.06. The van der Waals surface area contributed by atoms with E-state index < -0.39 is 11.2 Å². The molecule has 0 radical (unpaired) electrons. The summed E-state index contributed by atoms with van der Waals surface area (Å²) in [6.07, 6.45) is 0. The first kappa shape index (κ1) is 17.3. The molecule has 6 nitrogen and oxygen atoms in total. The number of hydrogen-bond acceptors (Lipinski definition) is 4. The van der Waals surface area contributed by atoms with Crippen molar-refractivity contribution in [1.29, 1.82) is 0 Å². The molecule has 0 saturated heterocycles. The third-order valence-electron chi connectivity index (χ3n) is 4.17. The van der Waals surface area contributed by atoms with Gasteiger partial charge >= 0.3 is 5.69 Å². The van der Waals surface area contributed by atoms with Crippen LogP contribution in [0.1, 0.15) is 0 Å². The van der Waals surface area contributed by atoms with Gasteiger partial charge in [0.2, 0.25) is 0 Å². The molecule has 134 valence electrons. The Labute approximate surface area is 162 Å². The van der Waals surface area contributed by atoms with Crippen LogP contribution in [0.4, 0.5) is 5.69 Å². The number of rotatable bonds is 2. The van der Waals surface area contributed by atoms with Gasteiger partial charge in [0, 0.05) is 21.2 Å². The van der Waals surface area contributed by atoms with Crippen LogP contribution < -0.4 is 17.0 Å². The molecule has 0 atom stereocenters. The van der Waals surface area contributed by atoms with Crippen LogP contribution in [0.15, 0.2) is 58.1 Å². The molecule has 4 rings (SSSR count). The van der Waals surface area contributed by atoms with E-state index in [0.29, 0.717) is 38.1 Å². The topological polar surface area (TPSA) is 105 Å². The molecule has 2 aromatic carbocycles. The summed E-state index contributed by atoms with van der Waals surface area (Å²) >= 11 is 11.9. The van der Waals surface area contributed by atoms with Gasteiger partial charge in [-0.05, 0) is 29.8 Å².